The highest BCUT2D eigenvalue weighted by Gasteiger charge is 2.27. The first kappa shape index (κ1) is 18.6. The third-order valence-corrected chi connectivity index (χ3v) is 4.05. The first-order chi connectivity index (χ1) is 11.8. The summed E-state index contributed by atoms with van der Waals surface area (Å²) in [7, 11) is 5.22. The molecule has 0 aromatic heterocycles. The van der Waals surface area contributed by atoms with Crippen LogP contribution in [0, 0.1) is 0 Å². The lowest BCUT2D eigenvalue weighted by molar-refractivity contribution is -0.136. The molecule has 1 heterocycles. The normalized spacial score (nSPS) is 15.8. The lowest BCUT2D eigenvalue weighted by Gasteiger charge is -2.35. The molecule has 1 aromatic rings. The van der Waals surface area contributed by atoms with Gasteiger partial charge in [-0.2, -0.15) is 0 Å². The molecule has 25 heavy (non-hydrogen) atoms. The molecule has 0 saturated carbocycles. The van der Waals surface area contributed by atoms with Crippen LogP contribution in [-0.2, 0) is 9.59 Å². The monoisotopic (exact) mass is 349 g/mol. The highest BCUT2D eigenvalue weighted by atomic mass is 16.5. The number of likely N-dealkylation sites (N-methyl/N-ethyl adjacent to an activating group) is 1. The number of nitrogens with one attached hydrogen (secondary N) is 1. The molecule has 0 saturated heterocycles. The van der Waals surface area contributed by atoms with Gasteiger partial charge in [-0.25, -0.2) is 0 Å². The average molecular weight is 349 g/mol. The second-order valence-electron chi connectivity index (χ2n) is 6.16. The van der Waals surface area contributed by atoms with E-state index in [1.165, 1.54) is 4.90 Å². The molecular weight excluding hydrogens is 326 g/mol. The molecule has 1 atom stereocenters. The minimum absolute atomic E-state index is 0.101. The van der Waals surface area contributed by atoms with Crippen LogP contribution in [0.2, 0.25) is 0 Å². The number of fused-ring (bicyclic) bond motifs is 1. The molecule has 0 spiro atoms. The van der Waals surface area contributed by atoms with Gasteiger partial charge in [0.05, 0.1) is 24.6 Å². The van der Waals surface area contributed by atoms with Gasteiger partial charge >= 0.3 is 5.97 Å². The quantitative estimate of drug-likeness (QED) is 0.779. The van der Waals surface area contributed by atoms with Crippen molar-refractivity contribution in [1.29, 1.82) is 0 Å². The molecular formula is C17H23N3O5. The molecule has 136 valence electrons. The Labute approximate surface area is 146 Å². The van der Waals surface area contributed by atoms with Gasteiger partial charge in [0.25, 0.3) is 5.91 Å². The van der Waals surface area contributed by atoms with Crippen LogP contribution in [-0.4, -0.2) is 68.1 Å². The SMILES string of the molecule is CN(C)C(=O)c1ccc2c(c1)N(C)[C@H](CC(=O)NCCC(=O)O)CO2. The number of rotatable bonds is 6. The van der Waals surface area contributed by atoms with Crippen LogP contribution in [0.5, 0.6) is 5.75 Å². The highest BCUT2D eigenvalue weighted by Crippen LogP contribution is 2.34. The van der Waals surface area contributed by atoms with Crippen molar-refractivity contribution in [3.05, 3.63) is 23.8 Å². The van der Waals surface area contributed by atoms with Gasteiger partial charge in [0, 0.05) is 33.3 Å². The van der Waals surface area contributed by atoms with Gasteiger partial charge in [-0.15, -0.1) is 0 Å². The van der Waals surface area contributed by atoms with Gasteiger partial charge in [0.2, 0.25) is 5.91 Å². The highest BCUT2D eigenvalue weighted by molar-refractivity contribution is 5.95. The molecule has 8 heteroatoms. The van der Waals surface area contributed by atoms with E-state index in [0.717, 1.165) is 5.69 Å². The second-order valence-corrected chi connectivity index (χ2v) is 6.16. The fourth-order valence-electron chi connectivity index (χ4n) is 2.59. The van der Waals surface area contributed by atoms with Crippen LogP contribution < -0.4 is 15.0 Å². The molecule has 2 amide bonds. The summed E-state index contributed by atoms with van der Waals surface area (Å²) in [5.74, 6) is -0.624. The number of hydrogen-bond acceptors (Lipinski definition) is 5. The zero-order valence-corrected chi connectivity index (χ0v) is 14.6. The predicted octanol–water partition coefficient (Wildman–Crippen LogP) is 0.567. The lowest BCUT2D eigenvalue weighted by atomic mass is 10.1. The van der Waals surface area contributed by atoms with E-state index in [0.29, 0.717) is 17.9 Å². The van der Waals surface area contributed by atoms with Crippen LogP contribution in [0.3, 0.4) is 0 Å². The van der Waals surface area contributed by atoms with Crippen molar-refractivity contribution in [2.75, 3.05) is 39.2 Å². The van der Waals surface area contributed by atoms with E-state index < -0.39 is 5.97 Å². The summed E-state index contributed by atoms with van der Waals surface area (Å²) in [6.07, 6.45) is 0.0724. The Balaban J connectivity index is 2.05. The number of carbonyl (C=O) groups excluding carboxylic acids is 2. The fourth-order valence-corrected chi connectivity index (χ4v) is 2.59. The number of hydrogen-bond donors (Lipinski definition) is 2. The summed E-state index contributed by atoms with van der Waals surface area (Å²) >= 11 is 0. The van der Waals surface area contributed by atoms with Gasteiger partial charge < -0.3 is 25.0 Å². The van der Waals surface area contributed by atoms with E-state index >= 15 is 0 Å². The Kier molecular flexibility index (Phi) is 5.84. The van der Waals surface area contributed by atoms with Crippen molar-refractivity contribution < 1.29 is 24.2 Å². The Morgan fingerprint density at radius 3 is 2.72 bits per heavy atom. The number of amides is 2. The fraction of sp³-hybridized carbons (Fsp3) is 0.471. The Morgan fingerprint density at radius 1 is 1.36 bits per heavy atom. The largest absolute Gasteiger partial charge is 0.489 e. The van der Waals surface area contributed by atoms with Gasteiger partial charge in [-0.05, 0) is 18.2 Å². The summed E-state index contributed by atoms with van der Waals surface area (Å²) in [5.41, 5.74) is 1.30. The number of carbonyl (C=O) groups is 3. The zero-order valence-electron chi connectivity index (χ0n) is 14.6. The Morgan fingerprint density at radius 2 is 2.08 bits per heavy atom. The number of ether oxygens (including phenoxy) is 1. The topological polar surface area (TPSA) is 99.2 Å². The van der Waals surface area contributed by atoms with Crippen LogP contribution in [0.1, 0.15) is 23.2 Å². The van der Waals surface area contributed by atoms with Crippen LogP contribution in [0.4, 0.5) is 5.69 Å². The molecule has 1 aliphatic heterocycles. The first-order valence-corrected chi connectivity index (χ1v) is 7.99. The zero-order chi connectivity index (χ0) is 18.6. The van der Waals surface area contributed by atoms with E-state index in [1.54, 1.807) is 32.3 Å². The standard InChI is InChI=1S/C17H23N3O5/c1-19(2)17(24)11-4-5-14-13(8-11)20(3)12(10-25-14)9-15(21)18-7-6-16(22)23/h4-5,8,12H,6-7,9-10H2,1-3H3,(H,18,21)(H,22,23)/t12-/m1/s1. The number of anilines is 1. The molecule has 0 bridgehead atoms. The molecule has 1 aliphatic rings. The van der Waals surface area contributed by atoms with Crippen molar-refractivity contribution in [2.45, 2.75) is 18.9 Å². The van der Waals surface area contributed by atoms with Crippen molar-refractivity contribution in [3.63, 3.8) is 0 Å². The third kappa shape index (κ3) is 4.62. The second kappa shape index (κ2) is 7.87. The first-order valence-electron chi connectivity index (χ1n) is 7.99. The van der Waals surface area contributed by atoms with Crippen molar-refractivity contribution in [1.82, 2.24) is 10.2 Å². The van der Waals surface area contributed by atoms with Crippen LogP contribution in [0.15, 0.2) is 18.2 Å². The van der Waals surface area contributed by atoms with Crippen LogP contribution >= 0.6 is 0 Å². The lowest BCUT2D eigenvalue weighted by Crippen LogP contribution is -2.44. The van der Waals surface area contributed by atoms with E-state index in [2.05, 4.69) is 5.32 Å². The van der Waals surface area contributed by atoms with Gasteiger partial charge in [0.1, 0.15) is 12.4 Å². The summed E-state index contributed by atoms with van der Waals surface area (Å²) in [5, 5.41) is 11.2. The molecule has 2 rings (SSSR count). The molecule has 2 N–H and O–H groups in total. The van der Waals surface area contributed by atoms with Gasteiger partial charge in [-0.3, -0.25) is 14.4 Å². The number of nitrogens with zero attached hydrogens (tertiary/aromatic N) is 2. The Hall–Kier alpha value is -2.77. The van der Waals surface area contributed by atoms with Gasteiger partial charge in [-0.1, -0.05) is 0 Å². The van der Waals surface area contributed by atoms with E-state index in [9.17, 15) is 14.4 Å². The summed E-state index contributed by atoms with van der Waals surface area (Å²) < 4.78 is 5.70. The van der Waals surface area contributed by atoms with E-state index in [-0.39, 0.29) is 37.2 Å². The molecule has 0 aliphatic carbocycles. The molecule has 1 aromatic carbocycles. The average Bonchev–Trinajstić information content (AvgIpc) is 2.56. The molecule has 8 nitrogen and oxygen atoms in total. The third-order valence-electron chi connectivity index (χ3n) is 4.05. The number of carboxylic acids is 1. The molecule has 0 radical (unpaired) electrons. The summed E-state index contributed by atoms with van der Waals surface area (Å²) in [6, 6.07) is 5.04. The minimum atomic E-state index is -0.953. The van der Waals surface area contributed by atoms with E-state index in [1.807, 2.05) is 11.9 Å². The Bertz CT molecular complexity index is 674. The smallest absolute Gasteiger partial charge is 0.305 e. The maximum atomic E-state index is 12.1. The van der Waals surface area contributed by atoms with Crippen molar-refractivity contribution in [3.8, 4) is 5.75 Å². The minimum Gasteiger partial charge on any atom is -0.489 e. The van der Waals surface area contributed by atoms with Gasteiger partial charge in [0.15, 0.2) is 0 Å². The number of benzene rings is 1. The maximum Gasteiger partial charge on any atom is 0.305 e. The molecule has 0 fully saturated rings. The summed E-state index contributed by atoms with van der Waals surface area (Å²) in [4.78, 5) is 38.0. The van der Waals surface area contributed by atoms with Crippen LogP contribution in [0.25, 0.3) is 0 Å². The number of aliphatic carboxylic acids is 1. The number of carboxylic acid groups (broad SMARTS) is 1. The molecule has 0 unspecified atom stereocenters. The van der Waals surface area contributed by atoms with Crippen molar-refractivity contribution in [2.24, 2.45) is 0 Å². The predicted molar refractivity (Wildman–Crippen MR) is 92.0 cm³/mol. The summed E-state index contributed by atoms with van der Waals surface area (Å²) in [6.45, 7) is 0.445. The van der Waals surface area contributed by atoms with Crippen molar-refractivity contribution >= 4 is 23.5 Å². The van der Waals surface area contributed by atoms with E-state index in [4.69, 9.17) is 9.84 Å². The maximum absolute atomic E-state index is 12.1.